The van der Waals surface area contributed by atoms with Gasteiger partial charge in [0.1, 0.15) is 11.8 Å². The zero-order valence-corrected chi connectivity index (χ0v) is 18.2. The van der Waals surface area contributed by atoms with Gasteiger partial charge < -0.3 is 9.84 Å². The SMILES string of the molecule is Cc1c(-n2c(O)c(COC(C)(C)C)n(Cc3ccccc3)c2=O)ccc(C#N)c1Cl. The molecular weight excluding hydrogens is 402 g/mol. The van der Waals surface area contributed by atoms with Crippen LogP contribution in [0.4, 0.5) is 0 Å². The molecule has 156 valence electrons. The van der Waals surface area contributed by atoms with Crippen LogP contribution in [0.15, 0.2) is 47.3 Å². The van der Waals surface area contributed by atoms with Crippen LogP contribution in [0, 0.1) is 18.3 Å². The maximum absolute atomic E-state index is 13.4. The van der Waals surface area contributed by atoms with Crippen LogP contribution in [0.2, 0.25) is 5.02 Å². The van der Waals surface area contributed by atoms with E-state index in [1.165, 1.54) is 15.2 Å². The molecule has 0 amide bonds. The fourth-order valence-corrected chi connectivity index (χ4v) is 3.36. The largest absolute Gasteiger partial charge is 0.493 e. The van der Waals surface area contributed by atoms with E-state index in [9.17, 15) is 15.2 Å². The molecule has 30 heavy (non-hydrogen) atoms. The van der Waals surface area contributed by atoms with E-state index in [0.717, 1.165) is 5.56 Å². The second-order valence-electron chi connectivity index (χ2n) is 8.04. The number of nitriles is 1. The van der Waals surface area contributed by atoms with Gasteiger partial charge in [-0.3, -0.25) is 4.57 Å². The molecule has 0 bridgehead atoms. The number of hydrogen-bond acceptors (Lipinski definition) is 4. The molecule has 0 aliphatic heterocycles. The van der Waals surface area contributed by atoms with Gasteiger partial charge in [-0.2, -0.15) is 5.26 Å². The van der Waals surface area contributed by atoms with Crippen LogP contribution < -0.4 is 5.69 Å². The molecule has 0 radical (unpaired) electrons. The monoisotopic (exact) mass is 425 g/mol. The Morgan fingerprint density at radius 2 is 1.83 bits per heavy atom. The summed E-state index contributed by atoms with van der Waals surface area (Å²) in [6.45, 7) is 7.78. The van der Waals surface area contributed by atoms with E-state index in [1.54, 1.807) is 13.0 Å². The first-order chi connectivity index (χ1) is 14.1. The van der Waals surface area contributed by atoms with Gasteiger partial charge in [-0.05, 0) is 51.0 Å². The van der Waals surface area contributed by atoms with E-state index in [0.29, 0.717) is 22.5 Å². The highest BCUT2D eigenvalue weighted by molar-refractivity contribution is 6.32. The third-order valence-electron chi connectivity index (χ3n) is 4.76. The van der Waals surface area contributed by atoms with Crippen LogP contribution in [0.3, 0.4) is 0 Å². The Kier molecular flexibility index (Phi) is 6.06. The predicted octanol–water partition coefficient (Wildman–Crippen LogP) is 4.54. The van der Waals surface area contributed by atoms with Gasteiger partial charge in [-0.1, -0.05) is 41.9 Å². The van der Waals surface area contributed by atoms with Crippen LogP contribution in [-0.2, 0) is 17.9 Å². The van der Waals surface area contributed by atoms with Crippen molar-refractivity contribution < 1.29 is 9.84 Å². The van der Waals surface area contributed by atoms with Crippen molar-refractivity contribution in [1.29, 1.82) is 5.26 Å². The lowest BCUT2D eigenvalue weighted by Crippen LogP contribution is -2.26. The van der Waals surface area contributed by atoms with Crippen LogP contribution in [0.5, 0.6) is 5.88 Å². The molecular formula is C23H24ClN3O3. The summed E-state index contributed by atoms with van der Waals surface area (Å²) in [6, 6.07) is 14.7. The minimum atomic E-state index is -0.449. The molecule has 1 N–H and O–H groups in total. The second-order valence-corrected chi connectivity index (χ2v) is 8.42. The molecule has 7 heteroatoms. The molecule has 1 heterocycles. The van der Waals surface area contributed by atoms with E-state index < -0.39 is 11.3 Å². The third-order valence-corrected chi connectivity index (χ3v) is 5.25. The highest BCUT2D eigenvalue weighted by Crippen LogP contribution is 2.30. The van der Waals surface area contributed by atoms with Gasteiger partial charge in [-0.25, -0.2) is 9.36 Å². The van der Waals surface area contributed by atoms with Gasteiger partial charge in [0.15, 0.2) is 0 Å². The number of aromatic hydroxyl groups is 1. The Balaban J connectivity index is 2.19. The molecule has 0 fully saturated rings. The van der Waals surface area contributed by atoms with Crippen LogP contribution in [0.1, 0.15) is 43.2 Å². The summed E-state index contributed by atoms with van der Waals surface area (Å²) in [5.41, 5.74) is 1.70. The molecule has 6 nitrogen and oxygen atoms in total. The van der Waals surface area contributed by atoms with Crippen molar-refractivity contribution in [3.8, 4) is 17.6 Å². The average Bonchev–Trinajstić information content (AvgIpc) is 2.92. The highest BCUT2D eigenvalue weighted by atomic mass is 35.5. The molecule has 0 unspecified atom stereocenters. The Morgan fingerprint density at radius 3 is 2.43 bits per heavy atom. The Labute approximate surface area is 180 Å². The van der Waals surface area contributed by atoms with Crippen molar-refractivity contribution in [3.63, 3.8) is 0 Å². The number of benzene rings is 2. The van der Waals surface area contributed by atoms with Gasteiger partial charge in [0.2, 0.25) is 5.88 Å². The minimum absolute atomic E-state index is 0.0630. The predicted molar refractivity (Wildman–Crippen MR) is 116 cm³/mol. The van der Waals surface area contributed by atoms with Crippen molar-refractivity contribution in [3.05, 3.63) is 80.4 Å². The lowest BCUT2D eigenvalue weighted by molar-refractivity contribution is -0.0184. The van der Waals surface area contributed by atoms with Crippen molar-refractivity contribution in [2.75, 3.05) is 0 Å². The molecule has 3 rings (SSSR count). The molecule has 0 aliphatic carbocycles. The standard InChI is InChI=1S/C23H24ClN3O3/c1-15-18(11-10-17(12-25)20(15)24)27-21(28)19(14-30-23(2,3)4)26(22(27)29)13-16-8-6-5-7-9-16/h5-11,28H,13-14H2,1-4H3. The lowest BCUT2D eigenvalue weighted by Gasteiger charge is -2.20. The summed E-state index contributed by atoms with van der Waals surface area (Å²) in [7, 11) is 0. The van der Waals surface area contributed by atoms with E-state index in [-0.39, 0.29) is 24.1 Å². The molecule has 0 saturated heterocycles. The number of rotatable bonds is 5. The summed E-state index contributed by atoms with van der Waals surface area (Å²) in [5, 5.41) is 20.5. The van der Waals surface area contributed by atoms with E-state index in [2.05, 4.69) is 0 Å². The van der Waals surface area contributed by atoms with Crippen molar-refractivity contribution in [2.24, 2.45) is 0 Å². The summed E-state index contributed by atoms with van der Waals surface area (Å²) in [6.07, 6.45) is 0. The van der Waals surface area contributed by atoms with Gasteiger partial charge in [0, 0.05) is 0 Å². The summed E-state index contributed by atoms with van der Waals surface area (Å²) in [5.74, 6) is -0.205. The number of hydrogen-bond donors (Lipinski definition) is 1. The average molecular weight is 426 g/mol. The molecule has 0 spiro atoms. The normalized spacial score (nSPS) is 11.5. The molecule has 0 saturated carbocycles. The van der Waals surface area contributed by atoms with E-state index in [4.69, 9.17) is 16.3 Å². The number of ether oxygens (including phenoxy) is 1. The van der Waals surface area contributed by atoms with Crippen molar-refractivity contribution >= 4 is 11.6 Å². The zero-order valence-electron chi connectivity index (χ0n) is 17.4. The maximum Gasteiger partial charge on any atom is 0.336 e. The Hall–Kier alpha value is -3.01. The van der Waals surface area contributed by atoms with Gasteiger partial charge in [0.05, 0.1) is 35.0 Å². The molecule has 1 aromatic heterocycles. The van der Waals surface area contributed by atoms with Crippen LogP contribution in [-0.4, -0.2) is 19.8 Å². The highest BCUT2D eigenvalue weighted by Gasteiger charge is 2.24. The zero-order chi connectivity index (χ0) is 22.1. The lowest BCUT2D eigenvalue weighted by atomic mass is 10.1. The fourth-order valence-electron chi connectivity index (χ4n) is 3.15. The Bertz CT molecular complexity index is 1170. The van der Waals surface area contributed by atoms with Gasteiger partial charge >= 0.3 is 5.69 Å². The summed E-state index contributed by atoms with van der Waals surface area (Å²) >= 11 is 6.30. The van der Waals surface area contributed by atoms with Crippen molar-refractivity contribution in [2.45, 2.75) is 46.4 Å². The number of halogens is 1. The molecule has 0 aliphatic rings. The number of aromatic nitrogens is 2. The van der Waals surface area contributed by atoms with Gasteiger partial charge in [0.25, 0.3) is 0 Å². The maximum atomic E-state index is 13.4. The topological polar surface area (TPSA) is 80.2 Å². The smallest absolute Gasteiger partial charge is 0.336 e. The van der Waals surface area contributed by atoms with E-state index in [1.807, 2.05) is 57.2 Å². The number of imidazole rings is 1. The number of nitrogens with zero attached hydrogens (tertiary/aromatic N) is 3. The molecule has 3 aromatic rings. The van der Waals surface area contributed by atoms with E-state index >= 15 is 0 Å². The molecule has 0 atom stereocenters. The summed E-state index contributed by atoms with van der Waals surface area (Å²) in [4.78, 5) is 13.4. The minimum Gasteiger partial charge on any atom is -0.493 e. The first kappa shape index (κ1) is 21.7. The van der Waals surface area contributed by atoms with Crippen LogP contribution in [0.25, 0.3) is 5.69 Å². The summed E-state index contributed by atoms with van der Waals surface area (Å²) < 4.78 is 8.58. The quantitative estimate of drug-likeness (QED) is 0.650. The first-order valence-corrected chi connectivity index (χ1v) is 9.92. The molecule has 2 aromatic carbocycles. The van der Waals surface area contributed by atoms with Gasteiger partial charge in [-0.15, -0.1) is 0 Å². The second kappa shape index (κ2) is 8.39. The third kappa shape index (κ3) is 4.28. The van der Waals surface area contributed by atoms with Crippen LogP contribution >= 0.6 is 11.6 Å². The fraction of sp³-hybridized carbons (Fsp3) is 0.304. The Morgan fingerprint density at radius 1 is 1.17 bits per heavy atom. The van der Waals surface area contributed by atoms with Crippen molar-refractivity contribution in [1.82, 2.24) is 9.13 Å². The first-order valence-electron chi connectivity index (χ1n) is 9.55.